The molecule has 0 aliphatic carbocycles. The van der Waals surface area contributed by atoms with Gasteiger partial charge in [-0.3, -0.25) is 9.59 Å². The number of piperidine rings is 1. The molecule has 25 heavy (non-hydrogen) atoms. The molecule has 3 rings (SSSR count). The van der Waals surface area contributed by atoms with E-state index in [1.54, 1.807) is 6.07 Å². The molecule has 0 unspecified atom stereocenters. The van der Waals surface area contributed by atoms with Crippen LogP contribution in [0.3, 0.4) is 0 Å². The summed E-state index contributed by atoms with van der Waals surface area (Å²) in [5, 5.41) is 7.65. The lowest BCUT2D eigenvalue weighted by Gasteiger charge is -2.32. The summed E-state index contributed by atoms with van der Waals surface area (Å²) in [7, 11) is 0. The second-order valence-corrected chi connectivity index (χ2v) is 7.07. The normalized spacial score (nSPS) is 15.8. The Morgan fingerprint density at radius 1 is 1.36 bits per heavy atom. The SMILES string of the molecule is Cc1noc2ncc(C(=O)NC3CCN(C(=O)CC(C)C)CC3)cc12. The fourth-order valence-electron chi connectivity index (χ4n) is 3.09. The fourth-order valence-corrected chi connectivity index (χ4v) is 3.09. The van der Waals surface area contributed by atoms with Gasteiger partial charge in [0, 0.05) is 31.7 Å². The van der Waals surface area contributed by atoms with Gasteiger partial charge in [0.05, 0.1) is 16.6 Å². The van der Waals surface area contributed by atoms with Crippen molar-refractivity contribution < 1.29 is 14.1 Å². The summed E-state index contributed by atoms with van der Waals surface area (Å²) in [5.41, 5.74) is 1.65. The van der Waals surface area contributed by atoms with E-state index in [2.05, 4.69) is 15.5 Å². The molecule has 1 aliphatic rings. The van der Waals surface area contributed by atoms with Crippen LogP contribution in [0.25, 0.3) is 11.1 Å². The lowest BCUT2D eigenvalue weighted by atomic mass is 10.0. The molecule has 0 spiro atoms. The van der Waals surface area contributed by atoms with Gasteiger partial charge >= 0.3 is 0 Å². The average molecular weight is 344 g/mol. The molecule has 1 N–H and O–H groups in total. The first-order valence-corrected chi connectivity index (χ1v) is 8.74. The number of nitrogens with zero attached hydrogens (tertiary/aromatic N) is 3. The van der Waals surface area contributed by atoms with Crippen molar-refractivity contribution in [1.82, 2.24) is 20.4 Å². The summed E-state index contributed by atoms with van der Waals surface area (Å²) in [4.78, 5) is 30.6. The maximum atomic E-state index is 12.5. The Balaban J connectivity index is 1.57. The van der Waals surface area contributed by atoms with Crippen LogP contribution in [-0.4, -0.2) is 46.0 Å². The molecule has 0 saturated carbocycles. The quantitative estimate of drug-likeness (QED) is 0.919. The first-order valence-electron chi connectivity index (χ1n) is 8.74. The zero-order chi connectivity index (χ0) is 18.0. The number of hydrogen-bond donors (Lipinski definition) is 1. The molecule has 0 radical (unpaired) electrons. The van der Waals surface area contributed by atoms with Crippen molar-refractivity contribution in [3.63, 3.8) is 0 Å². The Morgan fingerprint density at radius 3 is 2.76 bits per heavy atom. The summed E-state index contributed by atoms with van der Waals surface area (Å²) >= 11 is 0. The maximum Gasteiger partial charge on any atom is 0.257 e. The molecule has 0 atom stereocenters. The molecule has 0 bridgehead atoms. The molecule has 3 heterocycles. The highest BCUT2D eigenvalue weighted by Gasteiger charge is 2.24. The second-order valence-electron chi connectivity index (χ2n) is 7.07. The molecular weight excluding hydrogens is 320 g/mol. The van der Waals surface area contributed by atoms with E-state index in [1.807, 2.05) is 25.7 Å². The van der Waals surface area contributed by atoms with E-state index < -0.39 is 0 Å². The van der Waals surface area contributed by atoms with Crippen molar-refractivity contribution in [1.29, 1.82) is 0 Å². The highest BCUT2D eigenvalue weighted by molar-refractivity contribution is 5.97. The Hall–Kier alpha value is -2.44. The van der Waals surface area contributed by atoms with Crippen LogP contribution in [0.15, 0.2) is 16.8 Å². The summed E-state index contributed by atoms with van der Waals surface area (Å²) in [6.07, 6.45) is 3.64. The monoisotopic (exact) mass is 344 g/mol. The van der Waals surface area contributed by atoms with Crippen LogP contribution in [0.1, 0.15) is 49.2 Å². The van der Waals surface area contributed by atoms with Gasteiger partial charge in [-0.25, -0.2) is 4.98 Å². The molecule has 7 nitrogen and oxygen atoms in total. The molecular formula is C18H24N4O3. The van der Waals surface area contributed by atoms with E-state index in [0.717, 1.165) is 18.2 Å². The van der Waals surface area contributed by atoms with Crippen molar-refractivity contribution in [2.24, 2.45) is 5.92 Å². The number of fused-ring (bicyclic) bond motifs is 1. The topological polar surface area (TPSA) is 88.3 Å². The number of carbonyl (C=O) groups is 2. The Morgan fingerprint density at radius 2 is 2.08 bits per heavy atom. The molecule has 2 aromatic rings. The lowest BCUT2D eigenvalue weighted by Crippen LogP contribution is -2.46. The van der Waals surface area contributed by atoms with Crippen molar-refractivity contribution in [2.45, 2.75) is 46.1 Å². The third-order valence-electron chi connectivity index (χ3n) is 4.54. The highest BCUT2D eigenvalue weighted by atomic mass is 16.5. The van der Waals surface area contributed by atoms with Crippen molar-refractivity contribution in [2.75, 3.05) is 13.1 Å². The number of carbonyl (C=O) groups excluding carboxylic acids is 2. The molecule has 1 aliphatic heterocycles. The summed E-state index contributed by atoms with van der Waals surface area (Å²) in [6, 6.07) is 1.83. The summed E-state index contributed by atoms with van der Waals surface area (Å²) < 4.78 is 5.06. The lowest BCUT2D eigenvalue weighted by molar-refractivity contribution is -0.133. The number of likely N-dealkylation sites (tertiary alicyclic amines) is 1. The van der Waals surface area contributed by atoms with Crippen LogP contribution >= 0.6 is 0 Å². The number of nitrogens with one attached hydrogen (secondary N) is 1. The third kappa shape index (κ3) is 3.97. The Labute approximate surface area is 146 Å². The van der Waals surface area contributed by atoms with Gasteiger partial charge < -0.3 is 14.7 Å². The van der Waals surface area contributed by atoms with Crippen LogP contribution < -0.4 is 5.32 Å². The van der Waals surface area contributed by atoms with Crippen LogP contribution in [0, 0.1) is 12.8 Å². The first-order chi connectivity index (χ1) is 11.9. The van der Waals surface area contributed by atoms with Crippen LogP contribution in [-0.2, 0) is 4.79 Å². The van der Waals surface area contributed by atoms with Gasteiger partial charge in [0.25, 0.3) is 11.6 Å². The highest BCUT2D eigenvalue weighted by Crippen LogP contribution is 2.18. The Bertz CT molecular complexity index is 776. The van der Waals surface area contributed by atoms with E-state index in [-0.39, 0.29) is 17.9 Å². The van der Waals surface area contributed by atoms with Gasteiger partial charge in [0.2, 0.25) is 5.91 Å². The molecule has 0 aromatic carbocycles. The van der Waals surface area contributed by atoms with Crippen molar-refractivity contribution >= 4 is 22.9 Å². The molecule has 2 aromatic heterocycles. The van der Waals surface area contributed by atoms with Gasteiger partial charge in [-0.2, -0.15) is 0 Å². The van der Waals surface area contributed by atoms with Crippen LogP contribution in [0.4, 0.5) is 0 Å². The summed E-state index contributed by atoms with van der Waals surface area (Å²) in [6.45, 7) is 7.30. The van der Waals surface area contributed by atoms with Crippen LogP contribution in [0.5, 0.6) is 0 Å². The van der Waals surface area contributed by atoms with Gasteiger partial charge in [0.1, 0.15) is 0 Å². The number of rotatable bonds is 4. The maximum absolute atomic E-state index is 12.5. The van der Waals surface area contributed by atoms with Gasteiger partial charge in [0.15, 0.2) is 0 Å². The van der Waals surface area contributed by atoms with Crippen molar-refractivity contribution in [3.8, 4) is 0 Å². The molecule has 1 saturated heterocycles. The van der Waals surface area contributed by atoms with Gasteiger partial charge in [-0.15, -0.1) is 0 Å². The Kier molecular flexibility index (Phi) is 5.01. The fraction of sp³-hybridized carbons (Fsp3) is 0.556. The third-order valence-corrected chi connectivity index (χ3v) is 4.54. The van der Waals surface area contributed by atoms with E-state index in [0.29, 0.717) is 42.4 Å². The van der Waals surface area contributed by atoms with Crippen LogP contribution in [0.2, 0.25) is 0 Å². The van der Waals surface area contributed by atoms with Gasteiger partial charge in [-0.1, -0.05) is 19.0 Å². The number of pyridine rings is 1. The molecule has 7 heteroatoms. The predicted molar refractivity (Wildman–Crippen MR) is 93.1 cm³/mol. The average Bonchev–Trinajstić information content (AvgIpc) is 2.95. The second kappa shape index (κ2) is 7.21. The minimum atomic E-state index is -0.151. The zero-order valence-corrected chi connectivity index (χ0v) is 14.9. The smallest absolute Gasteiger partial charge is 0.257 e. The largest absolute Gasteiger partial charge is 0.349 e. The van der Waals surface area contributed by atoms with Gasteiger partial charge in [-0.05, 0) is 31.7 Å². The number of aromatic nitrogens is 2. The molecule has 2 amide bonds. The minimum Gasteiger partial charge on any atom is -0.349 e. The molecule has 134 valence electrons. The first kappa shape index (κ1) is 17.4. The van der Waals surface area contributed by atoms with E-state index in [1.165, 1.54) is 6.20 Å². The number of amides is 2. The number of aryl methyl sites for hydroxylation is 1. The molecule has 1 fully saturated rings. The van der Waals surface area contributed by atoms with E-state index >= 15 is 0 Å². The van der Waals surface area contributed by atoms with E-state index in [9.17, 15) is 9.59 Å². The number of hydrogen-bond acceptors (Lipinski definition) is 5. The van der Waals surface area contributed by atoms with Crippen molar-refractivity contribution in [3.05, 3.63) is 23.5 Å². The predicted octanol–water partition coefficient (Wildman–Crippen LogP) is 2.30. The minimum absolute atomic E-state index is 0.0786. The summed E-state index contributed by atoms with van der Waals surface area (Å²) in [5.74, 6) is 0.424. The van der Waals surface area contributed by atoms with E-state index in [4.69, 9.17) is 4.52 Å². The standard InChI is InChI=1S/C18H24N4O3/c1-11(2)8-16(23)22-6-4-14(5-7-22)20-17(24)13-9-15-12(3)21-25-18(15)19-10-13/h9-11,14H,4-8H2,1-3H3,(H,20,24). The zero-order valence-electron chi connectivity index (χ0n) is 14.9.